The number of carbonyl (C=O) groups is 2. The molecule has 0 saturated carbocycles. The molecular weight excluding hydrogens is 435 g/mol. The Hall–Kier alpha value is -3.02. The van der Waals surface area contributed by atoms with Crippen LogP contribution in [0, 0.1) is 0 Å². The van der Waals surface area contributed by atoms with Crippen LogP contribution in [0.5, 0.6) is 5.06 Å². The molecule has 1 saturated heterocycles. The van der Waals surface area contributed by atoms with Crippen molar-refractivity contribution in [2.24, 2.45) is 0 Å². The number of methoxy groups -OCH3 is 1. The summed E-state index contributed by atoms with van der Waals surface area (Å²) in [4.78, 5) is 32.1. The van der Waals surface area contributed by atoms with E-state index in [1.165, 1.54) is 31.3 Å². The van der Waals surface area contributed by atoms with E-state index in [1.807, 2.05) is 0 Å². The molecule has 3 heterocycles. The molecule has 0 bridgehead atoms. The summed E-state index contributed by atoms with van der Waals surface area (Å²) < 4.78 is 45.2. The summed E-state index contributed by atoms with van der Waals surface area (Å²) in [5.41, 5.74) is -0.745. The zero-order valence-corrected chi connectivity index (χ0v) is 17.6. The van der Waals surface area contributed by atoms with Gasteiger partial charge in [0.15, 0.2) is 10.2 Å². The largest absolute Gasteiger partial charge is 0.486 e. The first-order valence-electron chi connectivity index (χ1n) is 9.43. The van der Waals surface area contributed by atoms with Gasteiger partial charge < -0.3 is 15.0 Å². The molecule has 0 radical (unpaired) electrons. The van der Waals surface area contributed by atoms with E-state index in [-0.39, 0.29) is 19.1 Å². The van der Waals surface area contributed by atoms with Crippen molar-refractivity contribution in [3.63, 3.8) is 0 Å². The van der Waals surface area contributed by atoms with Crippen LogP contribution in [0.15, 0.2) is 24.4 Å². The molecule has 1 aromatic heterocycles. The summed E-state index contributed by atoms with van der Waals surface area (Å²) in [6.07, 6.45) is -2.60. The van der Waals surface area contributed by atoms with Gasteiger partial charge in [-0.25, -0.2) is 14.6 Å². The number of nitrogens with one attached hydrogen (secondary N) is 2. The first-order valence-corrected chi connectivity index (χ1v) is 10.3. The Labute approximate surface area is 180 Å². The first kappa shape index (κ1) is 21.2. The third kappa shape index (κ3) is 3.75. The normalized spacial score (nSPS) is 20.2. The molecule has 1 spiro atoms. The number of anilines is 2. The van der Waals surface area contributed by atoms with Gasteiger partial charge in [0.2, 0.25) is 0 Å². The summed E-state index contributed by atoms with van der Waals surface area (Å²) in [5.74, 6) is 0. The maximum Gasteiger partial charge on any atom is 0.416 e. The number of fused-ring (bicyclic) bond motifs is 2. The summed E-state index contributed by atoms with van der Waals surface area (Å²) in [7, 11) is 2.98. The molecule has 2 aliphatic rings. The number of benzene rings is 1. The lowest BCUT2D eigenvalue weighted by atomic mass is 9.81. The highest BCUT2D eigenvalue weighted by Crippen LogP contribution is 2.48. The second-order valence-electron chi connectivity index (χ2n) is 7.44. The lowest BCUT2D eigenvalue weighted by Crippen LogP contribution is -2.43. The molecule has 0 unspecified atom stereocenters. The fourth-order valence-corrected chi connectivity index (χ4v) is 4.77. The Bertz CT molecular complexity index is 1030. The highest BCUT2D eigenvalue weighted by atomic mass is 32.1. The third-order valence-electron chi connectivity index (χ3n) is 5.65. The number of aromatic nitrogens is 1. The van der Waals surface area contributed by atoms with Gasteiger partial charge >= 0.3 is 18.2 Å². The quantitative estimate of drug-likeness (QED) is 0.726. The van der Waals surface area contributed by atoms with Gasteiger partial charge in [0.1, 0.15) is 0 Å². The van der Waals surface area contributed by atoms with Gasteiger partial charge in [0, 0.05) is 37.8 Å². The number of alkyl halides is 3. The van der Waals surface area contributed by atoms with Crippen LogP contribution in [0.3, 0.4) is 0 Å². The molecule has 1 fully saturated rings. The number of thiazole rings is 1. The van der Waals surface area contributed by atoms with E-state index >= 15 is 0 Å². The van der Waals surface area contributed by atoms with Gasteiger partial charge in [-0.05, 0) is 30.2 Å². The molecule has 2 aromatic rings. The Morgan fingerprint density at radius 1 is 1.26 bits per heavy atom. The predicted octanol–water partition coefficient (Wildman–Crippen LogP) is 3.51. The minimum atomic E-state index is -4.51. The second-order valence-corrected chi connectivity index (χ2v) is 8.43. The minimum Gasteiger partial charge on any atom is -0.486 e. The number of carbonyl (C=O) groups excluding carboxylic acids is 2. The monoisotopic (exact) mass is 455 g/mol. The van der Waals surface area contributed by atoms with Crippen molar-refractivity contribution in [1.82, 2.24) is 15.2 Å². The van der Waals surface area contributed by atoms with Gasteiger partial charge in [0.05, 0.1) is 18.9 Å². The van der Waals surface area contributed by atoms with Gasteiger partial charge in [-0.3, -0.25) is 10.2 Å². The molecule has 1 aromatic carbocycles. The number of nitrogens with zero attached hydrogens (tertiary/aromatic N) is 3. The number of hydrogen-bond acceptors (Lipinski definition) is 5. The second kappa shape index (κ2) is 7.59. The van der Waals surface area contributed by atoms with Crippen LogP contribution in [0.2, 0.25) is 0 Å². The number of amides is 4. The fourth-order valence-electron chi connectivity index (χ4n) is 4.15. The molecule has 166 valence electrons. The molecule has 1 atom stereocenters. The third-order valence-corrected chi connectivity index (χ3v) is 6.52. The van der Waals surface area contributed by atoms with Crippen LogP contribution in [0.1, 0.15) is 17.5 Å². The number of hydrogen-bond donors (Lipinski definition) is 2. The van der Waals surface area contributed by atoms with Crippen LogP contribution < -0.4 is 20.3 Å². The van der Waals surface area contributed by atoms with Gasteiger partial charge in [-0.2, -0.15) is 13.2 Å². The zero-order valence-electron chi connectivity index (χ0n) is 16.7. The van der Waals surface area contributed by atoms with Crippen molar-refractivity contribution < 1.29 is 27.5 Å². The molecule has 2 aliphatic heterocycles. The molecule has 4 rings (SSSR count). The molecule has 12 heteroatoms. The molecule has 8 nitrogen and oxygen atoms in total. The lowest BCUT2D eigenvalue weighted by molar-refractivity contribution is -0.137. The van der Waals surface area contributed by atoms with E-state index < -0.39 is 23.2 Å². The smallest absolute Gasteiger partial charge is 0.416 e. The Balaban J connectivity index is 1.68. The molecular formula is C19H20F3N5O3S. The molecule has 4 amide bonds. The van der Waals surface area contributed by atoms with Crippen LogP contribution in [-0.2, 0) is 11.6 Å². The average Bonchev–Trinajstić information content (AvgIpc) is 3.45. The zero-order chi connectivity index (χ0) is 22.4. The van der Waals surface area contributed by atoms with E-state index in [9.17, 15) is 22.8 Å². The van der Waals surface area contributed by atoms with Crippen LogP contribution in [0.25, 0.3) is 0 Å². The van der Waals surface area contributed by atoms with E-state index in [0.717, 1.165) is 23.5 Å². The van der Waals surface area contributed by atoms with Gasteiger partial charge in [0.25, 0.3) is 0 Å². The fraction of sp³-hybridized carbons (Fsp3) is 0.421. The maximum atomic E-state index is 13.4. The summed E-state index contributed by atoms with van der Waals surface area (Å²) in [6, 6.07) is 2.58. The highest BCUT2D eigenvalue weighted by Gasteiger charge is 2.50. The van der Waals surface area contributed by atoms with E-state index in [4.69, 9.17) is 4.74 Å². The van der Waals surface area contributed by atoms with Gasteiger partial charge in [-0.1, -0.05) is 11.3 Å². The summed E-state index contributed by atoms with van der Waals surface area (Å²) in [6.45, 7) is 0.760. The van der Waals surface area contributed by atoms with Crippen molar-refractivity contribution in [3.8, 4) is 5.06 Å². The van der Waals surface area contributed by atoms with Crippen molar-refractivity contribution in [1.29, 1.82) is 0 Å². The average molecular weight is 455 g/mol. The van der Waals surface area contributed by atoms with Crippen molar-refractivity contribution in [3.05, 3.63) is 35.5 Å². The van der Waals surface area contributed by atoms with Crippen LogP contribution in [0.4, 0.5) is 33.6 Å². The maximum absolute atomic E-state index is 13.4. The van der Waals surface area contributed by atoms with Crippen molar-refractivity contribution in [2.45, 2.75) is 18.0 Å². The van der Waals surface area contributed by atoms with E-state index in [0.29, 0.717) is 34.4 Å². The number of urea groups is 2. The topological polar surface area (TPSA) is 86.8 Å². The molecule has 31 heavy (non-hydrogen) atoms. The Morgan fingerprint density at radius 2 is 2.03 bits per heavy atom. The van der Waals surface area contributed by atoms with Crippen LogP contribution in [-0.4, -0.2) is 55.7 Å². The molecule has 0 aliphatic carbocycles. The Morgan fingerprint density at radius 3 is 2.68 bits per heavy atom. The lowest BCUT2D eigenvalue weighted by Gasteiger charge is -2.25. The number of rotatable bonds is 2. The SMILES string of the molecule is CNC(=O)N1CC[C@]2(C1)CN(C(=O)Nc1ncc(OC)s1)c1ccc(C(F)(F)F)cc12. The van der Waals surface area contributed by atoms with Crippen molar-refractivity contribution >= 4 is 34.2 Å². The van der Waals surface area contributed by atoms with Gasteiger partial charge in [-0.15, -0.1) is 0 Å². The van der Waals surface area contributed by atoms with Crippen molar-refractivity contribution in [2.75, 3.05) is 44.0 Å². The van der Waals surface area contributed by atoms with E-state index in [2.05, 4.69) is 15.6 Å². The number of likely N-dealkylation sites (tertiary alicyclic amines) is 1. The predicted molar refractivity (Wildman–Crippen MR) is 109 cm³/mol. The summed E-state index contributed by atoms with van der Waals surface area (Å²) in [5, 5.41) is 6.05. The first-order chi connectivity index (χ1) is 14.7. The molecule has 2 N–H and O–H groups in total. The Kier molecular flexibility index (Phi) is 5.20. The number of halogens is 3. The van der Waals surface area contributed by atoms with E-state index in [1.54, 1.807) is 4.90 Å². The summed E-state index contributed by atoms with van der Waals surface area (Å²) >= 11 is 1.14. The highest BCUT2D eigenvalue weighted by molar-refractivity contribution is 7.17. The minimum absolute atomic E-state index is 0.158. The van der Waals surface area contributed by atoms with Crippen LogP contribution >= 0.6 is 11.3 Å². The standard InChI is InChI=1S/C19H20F3N5O3S/c1-23-16(28)26-6-5-18(9-26)10-27(17(29)25-15-24-8-14(30-2)31-15)13-4-3-11(7-12(13)18)19(20,21)22/h3-4,7-8H,5-6,9-10H2,1-2H3,(H,23,28)(H,24,25,29)/t18-/m0/s1. The number of ether oxygens (including phenoxy) is 1.